The molecule has 0 aromatic heterocycles. The number of alkyl halides is 6. The maximum atomic E-state index is 12.5. The second-order valence-corrected chi connectivity index (χ2v) is 6.88. The minimum Gasteiger partial charge on any atom is -0.404 e. The van der Waals surface area contributed by atoms with Gasteiger partial charge in [-0.1, -0.05) is 24.3 Å². The van der Waals surface area contributed by atoms with Crippen molar-refractivity contribution in [3.8, 4) is 11.5 Å². The Balaban J connectivity index is 2.05. The van der Waals surface area contributed by atoms with Crippen molar-refractivity contribution >= 4 is 35.1 Å². The zero-order valence-electron chi connectivity index (χ0n) is 18.4. The van der Waals surface area contributed by atoms with Gasteiger partial charge < -0.3 is 20.1 Å². The number of rotatable bonds is 10. The summed E-state index contributed by atoms with van der Waals surface area (Å²) in [6.45, 7) is 0. The van der Waals surface area contributed by atoms with Crippen LogP contribution in [0.4, 0.5) is 37.7 Å². The number of allylic oxidation sites excluding steroid dienone is 2. The Kier molecular flexibility index (Phi) is 8.93. The van der Waals surface area contributed by atoms with E-state index in [4.69, 9.17) is 0 Å². The molecule has 0 aliphatic heterocycles. The lowest BCUT2D eigenvalue weighted by Crippen LogP contribution is -2.18. The fourth-order valence-electron chi connectivity index (χ4n) is 2.78. The molecule has 0 atom stereocenters. The first-order valence-electron chi connectivity index (χ1n) is 9.86. The average molecular weight is 502 g/mol. The number of ketones is 2. The molecule has 0 saturated heterocycles. The highest BCUT2D eigenvalue weighted by molar-refractivity contribution is 6.10. The molecule has 0 bridgehead atoms. The highest BCUT2D eigenvalue weighted by Crippen LogP contribution is 2.32. The van der Waals surface area contributed by atoms with Gasteiger partial charge in [0.05, 0.1) is 17.8 Å². The number of hydrogen-bond donors (Lipinski definition) is 2. The molecule has 0 heterocycles. The second-order valence-electron chi connectivity index (χ2n) is 6.88. The molecule has 0 aliphatic carbocycles. The van der Waals surface area contributed by atoms with E-state index >= 15 is 0 Å². The van der Waals surface area contributed by atoms with Crippen molar-refractivity contribution in [3.05, 3.63) is 59.7 Å². The molecule has 6 nitrogen and oxygen atoms in total. The molecular formula is C23H20F6N2O4. The van der Waals surface area contributed by atoms with Crippen molar-refractivity contribution in [1.82, 2.24) is 0 Å². The van der Waals surface area contributed by atoms with Crippen LogP contribution in [0.3, 0.4) is 0 Å². The molecule has 12 heteroatoms. The molecule has 0 saturated carbocycles. The van der Waals surface area contributed by atoms with Crippen LogP contribution in [-0.4, -0.2) is 38.4 Å². The maximum absolute atomic E-state index is 12.5. The van der Waals surface area contributed by atoms with E-state index in [0.29, 0.717) is 0 Å². The van der Waals surface area contributed by atoms with Crippen molar-refractivity contribution < 1.29 is 45.4 Å². The lowest BCUT2D eigenvalue weighted by Gasteiger charge is -2.13. The third kappa shape index (κ3) is 9.43. The molecule has 188 valence electrons. The number of benzene rings is 2. The summed E-state index contributed by atoms with van der Waals surface area (Å²) in [7, 11) is 2.83. The summed E-state index contributed by atoms with van der Waals surface area (Å²) in [5, 5.41) is 5.10. The standard InChI is InChI=1S/C23H20F6N2O4/c1-30-18-9-5-14(11-20(18)34-22(24,25)26)3-7-16(32)13-17(33)8-4-15-6-10-19(31-2)21(12-15)35-23(27,28)29/h3-12,30-31H,13H2,1-2H3/b7-3+,8-4+. The Morgan fingerprint density at radius 1 is 0.743 bits per heavy atom. The minimum absolute atomic E-state index is 0.0812. The smallest absolute Gasteiger partial charge is 0.404 e. The zero-order chi connectivity index (χ0) is 26.2. The summed E-state index contributed by atoms with van der Waals surface area (Å²) in [5.41, 5.74) is 0.609. The van der Waals surface area contributed by atoms with E-state index in [-0.39, 0.29) is 22.5 Å². The van der Waals surface area contributed by atoms with Gasteiger partial charge in [-0.15, -0.1) is 26.3 Å². The fraction of sp³-hybridized carbons (Fsp3) is 0.217. The van der Waals surface area contributed by atoms with Gasteiger partial charge in [0.2, 0.25) is 0 Å². The molecule has 0 radical (unpaired) electrons. The van der Waals surface area contributed by atoms with Crippen LogP contribution in [0.25, 0.3) is 12.2 Å². The van der Waals surface area contributed by atoms with Crippen molar-refractivity contribution in [3.63, 3.8) is 0 Å². The highest BCUT2D eigenvalue weighted by Gasteiger charge is 2.33. The predicted octanol–water partition coefficient (Wildman–Crippen LogP) is 5.82. The molecule has 0 spiro atoms. The van der Waals surface area contributed by atoms with Gasteiger partial charge in [-0.2, -0.15) is 0 Å². The van der Waals surface area contributed by atoms with Crippen LogP contribution in [0.1, 0.15) is 17.5 Å². The predicted molar refractivity (Wildman–Crippen MR) is 118 cm³/mol. The van der Waals surface area contributed by atoms with Crippen LogP contribution in [0.5, 0.6) is 11.5 Å². The van der Waals surface area contributed by atoms with E-state index in [2.05, 4.69) is 20.1 Å². The summed E-state index contributed by atoms with van der Waals surface area (Å²) in [6, 6.07) is 7.68. The molecular weight excluding hydrogens is 482 g/mol. The first-order valence-corrected chi connectivity index (χ1v) is 9.86. The van der Waals surface area contributed by atoms with Crippen LogP contribution in [0.15, 0.2) is 48.6 Å². The molecule has 0 aliphatic rings. The lowest BCUT2D eigenvalue weighted by atomic mass is 10.1. The number of hydrogen-bond acceptors (Lipinski definition) is 6. The van der Waals surface area contributed by atoms with Gasteiger partial charge in [-0.05, 0) is 47.5 Å². The van der Waals surface area contributed by atoms with Gasteiger partial charge in [-0.25, -0.2) is 0 Å². The minimum atomic E-state index is -4.91. The number of nitrogens with one attached hydrogen (secondary N) is 2. The average Bonchev–Trinajstić information content (AvgIpc) is 2.74. The van der Waals surface area contributed by atoms with Crippen LogP contribution in [0, 0.1) is 0 Å². The van der Waals surface area contributed by atoms with E-state index < -0.39 is 42.2 Å². The number of halogens is 6. The molecule has 35 heavy (non-hydrogen) atoms. The number of carbonyl (C=O) groups excluding carboxylic acids is 2. The van der Waals surface area contributed by atoms with Gasteiger partial charge in [0.15, 0.2) is 23.1 Å². The summed E-state index contributed by atoms with van der Waals surface area (Å²) < 4.78 is 83.2. The van der Waals surface area contributed by atoms with Crippen molar-refractivity contribution in [2.75, 3.05) is 24.7 Å². The van der Waals surface area contributed by atoms with Gasteiger partial charge in [0.1, 0.15) is 0 Å². The van der Waals surface area contributed by atoms with E-state index in [9.17, 15) is 35.9 Å². The Hall–Kier alpha value is -3.96. The van der Waals surface area contributed by atoms with E-state index in [1.54, 1.807) is 0 Å². The molecule has 0 fully saturated rings. The Morgan fingerprint density at radius 2 is 1.11 bits per heavy atom. The topological polar surface area (TPSA) is 76.7 Å². The van der Waals surface area contributed by atoms with Crippen LogP contribution < -0.4 is 20.1 Å². The van der Waals surface area contributed by atoms with E-state index in [0.717, 1.165) is 24.3 Å². The van der Waals surface area contributed by atoms with Crippen molar-refractivity contribution in [2.45, 2.75) is 19.1 Å². The normalized spacial score (nSPS) is 12.1. The number of anilines is 2. The third-order valence-corrected chi connectivity index (χ3v) is 4.27. The quantitative estimate of drug-likeness (QED) is 0.242. The molecule has 2 N–H and O–H groups in total. The van der Waals surface area contributed by atoms with Crippen molar-refractivity contribution in [2.24, 2.45) is 0 Å². The Labute approximate surface area is 196 Å². The Bertz CT molecular complexity index is 1040. The maximum Gasteiger partial charge on any atom is 0.573 e. The summed E-state index contributed by atoms with van der Waals surface area (Å²) in [6.07, 6.45) is -5.89. The van der Waals surface area contributed by atoms with Gasteiger partial charge in [0.25, 0.3) is 0 Å². The van der Waals surface area contributed by atoms with Gasteiger partial charge in [-0.3, -0.25) is 9.59 Å². The number of ether oxygens (including phenoxy) is 2. The molecule has 2 aromatic carbocycles. The van der Waals surface area contributed by atoms with Crippen LogP contribution >= 0.6 is 0 Å². The molecule has 2 rings (SSSR count). The van der Waals surface area contributed by atoms with E-state index in [1.807, 2.05) is 0 Å². The monoisotopic (exact) mass is 502 g/mol. The molecule has 0 amide bonds. The largest absolute Gasteiger partial charge is 0.573 e. The van der Waals surface area contributed by atoms with Gasteiger partial charge >= 0.3 is 12.7 Å². The lowest BCUT2D eigenvalue weighted by molar-refractivity contribution is -0.275. The highest BCUT2D eigenvalue weighted by atomic mass is 19.4. The van der Waals surface area contributed by atoms with Crippen LogP contribution in [-0.2, 0) is 9.59 Å². The summed E-state index contributed by atoms with van der Waals surface area (Å²) in [4.78, 5) is 24.1. The molecule has 0 unspecified atom stereocenters. The van der Waals surface area contributed by atoms with Gasteiger partial charge in [0, 0.05) is 14.1 Å². The number of carbonyl (C=O) groups is 2. The second kappa shape index (κ2) is 11.4. The SMILES string of the molecule is CNc1ccc(/C=C/C(=O)CC(=O)/C=C/c2ccc(NC)c(OC(F)(F)F)c2)cc1OC(F)(F)F. The third-order valence-electron chi connectivity index (χ3n) is 4.27. The van der Waals surface area contributed by atoms with Crippen LogP contribution in [0.2, 0.25) is 0 Å². The first-order chi connectivity index (χ1) is 16.3. The first kappa shape index (κ1) is 27.3. The molecule has 2 aromatic rings. The van der Waals surface area contributed by atoms with Crippen molar-refractivity contribution in [1.29, 1.82) is 0 Å². The summed E-state index contributed by atoms with van der Waals surface area (Å²) >= 11 is 0. The zero-order valence-corrected chi connectivity index (χ0v) is 18.4. The Morgan fingerprint density at radius 3 is 1.43 bits per heavy atom. The van der Waals surface area contributed by atoms with E-state index in [1.165, 1.54) is 50.5 Å². The fourth-order valence-corrected chi connectivity index (χ4v) is 2.78. The summed E-state index contributed by atoms with van der Waals surface area (Å²) in [5.74, 6) is -2.26.